The number of hydrogen-bond donors (Lipinski definition) is 1. The van der Waals surface area contributed by atoms with Crippen LogP contribution in [0.5, 0.6) is 0 Å². The maximum atomic E-state index is 3.57. The molecule has 1 aliphatic heterocycles. The Balaban J connectivity index is 2.05. The Labute approximate surface area is 88.7 Å². The molecule has 82 valence electrons. The van der Waals surface area contributed by atoms with Crippen molar-refractivity contribution in [1.82, 2.24) is 5.32 Å². The van der Waals surface area contributed by atoms with Crippen molar-refractivity contribution in [1.29, 1.82) is 0 Å². The highest BCUT2D eigenvalue weighted by atomic mass is 14.9. The predicted octanol–water partition coefficient (Wildman–Crippen LogP) is 3.20. The smallest absolute Gasteiger partial charge is 0.00153 e. The summed E-state index contributed by atoms with van der Waals surface area (Å²) in [6, 6.07) is 0. The summed E-state index contributed by atoms with van der Waals surface area (Å²) in [5.74, 6) is 2.01. The molecule has 1 heterocycles. The van der Waals surface area contributed by atoms with Gasteiger partial charge in [-0.1, -0.05) is 26.7 Å². The molecule has 1 saturated carbocycles. The van der Waals surface area contributed by atoms with Gasteiger partial charge in [0.05, 0.1) is 0 Å². The molecule has 0 radical (unpaired) electrons. The Kier molecular flexibility index (Phi) is 3.16. The minimum absolute atomic E-state index is 0.751. The van der Waals surface area contributed by atoms with E-state index in [-0.39, 0.29) is 0 Å². The summed E-state index contributed by atoms with van der Waals surface area (Å²) in [6.07, 6.45) is 8.79. The lowest BCUT2D eigenvalue weighted by atomic mass is 9.68. The molecule has 0 aromatic rings. The summed E-state index contributed by atoms with van der Waals surface area (Å²) in [6.45, 7) is 7.30. The van der Waals surface area contributed by atoms with E-state index in [4.69, 9.17) is 0 Å². The molecular formula is C13H25N. The van der Waals surface area contributed by atoms with E-state index in [1.807, 2.05) is 0 Å². The largest absolute Gasteiger partial charge is 0.316 e. The second-order valence-electron chi connectivity index (χ2n) is 5.44. The summed E-state index contributed by atoms with van der Waals surface area (Å²) in [5.41, 5.74) is 0.751. The maximum absolute atomic E-state index is 3.57. The van der Waals surface area contributed by atoms with Gasteiger partial charge in [0.2, 0.25) is 0 Å². The molecule has 1 N–H and O–H groups in total. The first-order chi connectivity index (χ1) is 6.80. The Morgan fingerprint density at radius 2 is 2.07 bits per heavy atom. The van der Waals surface area contributed by atoms with Crippen LogP contribution in [-0.4, -0.2) is 13.1 Å². The summed E-state index contributed by atoms with van der Waals surface area (Å²) in [7, 11) is 0. The van der Waals surface area contributed by atoms with Crippen LogP contribution in [0.2, 0.25) is 0 Å². The Bertz CT molecular complexity index is 190. The number of piperidine rings is 1. The predicted molar refractivity (Wildman–Crippen MR) is 61.3 cm³/mol. The summed E-state index contributed by atoms with van der Waals surface area (Å²) in [4.78, 5) is 0. The molecule has 3 unspecified atom stereocenters. The number of rotatable bonds is 2. The summed E-state index contributed by atoms with van der Waals surface area (Å²) >= 11 is 0. The first kappa shape index (κ1) is 10.5. The fraction of sp³-hybridized carbons (Fsp3) is 1.00. The second-order valence-corrected chi connectivity index (χ2v) is 5.44. The zero-order valence-corrected chi connectivity index (χ0v) is 9.81. The lowest BCUT2D eigenvalue weighted by molar-refractivity contribution is 0.105. The monoisotopic (exact) mass is 195 g/mol. The minimum Gasteiger partial charge on any atom is -0.316 e. The van der Waals surface area contributed by atoms with Crippen LogP contribution in [0.15, 0.2) is 0 Å². The molecule has 3 atom stereocenters. The molecule has 14 heavy (non-hydrogen) atoms. The normalized spacial score (nSPS) is 43.3. The molecule has 0 aromatic carbocycles. The van der Waals surface area contributed by atoms with Crippen molar-refractivity contribution in [3.05, 3.63) is 0 Å². The van der Waals surface area contributed by atoms with Gasteiger partial charge in [0.25, 0.3) is 0 Å². The van der Waals surface area contributed by atoms with Crippen molar-refractivity contribution in [2.24, 2.45) is 17.3 Å². The van der Waals surface area contributed by atoms with E-state index in [0.29, 0.717) is 0 Å². The van der Waals surface area contributed by atoms with Gasteiger partial charge in [-0.15, -0.1) is 0 Å². The Hall–Kier alpha value is -0.0400. The van der Waals surface area contributed by atoms with Crippen LogP contribution in [0.1, 0.15) is 52.4 Å². The molecule has 2 rings (SSSR count). The van der Waals surface area contributed by atoms with Gasteiger partial charge in [-0.05, 0) is 56.0 Å². The fourth-order valence-corrected chi connectivity index (χ4v) is 3.83. The van der Waals surface area contributed by atoms with E-state index in [0.717, 1.165) is 17.3 Å². The Morgan fingerprint density at radius 1 is 1.21 bits per heavy atom. The van der Waals surface area contributed by atoms with Crippen molar-refractivity contribution in [3.63, 3.8) is 0 Å². The van der Waals surface area contributed by atoms with E-state index in [9.17, 15) is 0 Å². The van der Waals surface area contributed by atoms with Crippen molar-refractivity contribution < 1.29 is 0 Å². The van der Waals surface area contributed by atoms with Gasteiger partial charge in [0, 0.05) is 0 Å². The van der Waals surface area contributed by atoms with Crippen LogP contribution in [0.3, 0.4) is 0 Å². The molecule has 2 fully saturated rings. The highest BCUT2D eigenvalue weighted by Crippen LogP contribution is 2.52. The fourth-order valence-electron chi connectivity index (χ4n) is 3.83. The molecule has 2 aliphatic rings. The molecule has 1 heteroatoms. The van der Waals surface area contributed by atoms with Crippen LogP contribution in [0.4, 0.5) is 0 Å². The molecule has 1 aliphatic carbocycles. The first-order valence-corrected chi connectivity index (χ1v) is 6.51. The standard InChI is InChI=1S/C13H25N/c1-3-11-5-6-13(9-11)7-8-14-10-12(13)4-2/h11-12,14H,3-10H2,1-2H3. The van der Waals surface area contributed by atoms with Crippen molar-refractivity contribution in [2.75, 3.05) is 13.1 Å². The van der Waals surface area contributed by atoms with Gasteiger partial charge in [-0.3, -0.25) is 0 Å². The summed E-state index contributed by atoms with van der Waals surface area (Å²) in [5, 5.41) is 3.57. The summed E-state index contributed by atoms with van der Waals surface area (Å²) < 4.78 is 0. The Morgan fingerprint density at radius 3 is 2.71 bits per heavy atom. The molecular weight excluding hydrogens is 170 g/mol. The molecule has 1 spiro atoms. The van der Waals surface area contributed by atoms with Crippen LogP contribution < -0.4 is 5.32 Å². The average Bonchev–Trinajstić information content (AvgIpc) is 2.63. The highest BCUT2D eigenvalue weighted by molar-refractivity contribution is 4.96. The molecule has 1 saturated heterocycles. The third-order valence-electron chi connectivity index (χ3n) is 4.87. The van der Waals surface area contributed by atoms with E-state index in [2.05, 4.69) is 19.2 Å². The van der Waals surface area contributed by atoms with E-state index < -0.39 is 0 Å². The molecule has 0 bridgehead atoms. The van der Waals surface area contributed by atoms with Crippen molar-refractivity contribution in [2.45, 2.75) is 52.4 Å². The second kappa shape index (κ2) is 4.22. The van der Waals surface area contributed by atoms with Crippen LogP contribution in [0, 0.1) is 17.3 Å². The number of hydrogen-bond acceptors (Lipinski definition) is 1. The highest BCUT2D eigenvalue weighted by Gasteiger charge is 2.44. The van der Waals surface area contributed by atoms with Crippen LogP contribution >= 0.6 is 0 Å². The molecule has 0 amide bonds. The number of nitrogens with one attached hydrogen (secondary N) is 1. The quantitative estimate of drug-likeness (QED) is 0.713. The zero-order chi connectivity index (χ0) is 10.0. The van der Waals surface area contributed by atoms with Gasteiger partial charge >= 0.3 is 0 Å². The minimum atomic E-state index is 0.751. The average molecular weight is 195 g/mol. The van der Waals surface area contributed by atoms with Gasteiger partial charge in [0.1, 0.15) is 0 Å². The van der Waals surface area contributed by atoms with E-state index in [1.54, 1.807) is 0 Å². The first-order valence-electron chi connectivity index (χ1n) is 6.51. The van der Waals surface area contributed by atoms with Gasteiger partial charge in [0.15, 0.2) is 0 Å². The third-order valence-corrected chi connectivity index (χ3v) is 4.87. The lowest BCUT2D eigenvalue weighted by Crippen LogP contribution is -2.43. The van der Waals surface area contributed by atoms with E-state index in [1.165, 1.54) is 51.6 Å². The van der Waals surface area contributed by atoms with Crippen molar-refractivity contribution >= 4 is 0 Å². The topological polar surface area (TPSA) is 12.0 Å². The van der Waals surface area contributed by atoms with Crippen LogP contribution in [0.25, 0.3) is 0 Å². The SMILES string of the molecule is CCC1CCC2(CCNCC2CC)C1. The third kappa shape index (κ3) is 1.71. The molecule has 1 nitrogen and oxygen atoms in total. The lowest BCUT2D eigenvalue weighted by Gasteiger charge is -2.42. The van der Waals surface area contributed by atoms with Gasteiger partial charge in [-0.25, -0.2) is 0 Å². The van der Waals surface area contributed by atoms with Crippen molar-refractivity contribution in [3.8, 4) is 0 Å². The van der Waals surface area contributed by atoms with Crippen LogP contribution in [-0.2, 0) is 0 Å². The van der Waals surface area contributed by atoms with E-state index >= 15 is 0 Å². The zero-order valence-electron chi connectivity index (χ0n) is 9.81. The molecule has 0 aromatic heterocycles. The van der Waals surface area contributed by atoms with Gasteiger partial charge < -0.3 is 5.32 Å². The van der Waals surface area contributed by atoms with Gasteiger partial charge in [-0.2, -0.15) is 0 Å². The maximum Gasteiger partial charge on any atom is -0.00153 e.